The second-order valence-corrected chi connectivity index (χ2v) is 3.94. The maximum absolute atomic E-state index is 11.6. The molecule has 15 heavy (non-hydrogen) atoms. The zero-order valence-corrected chi connectivity index (χ0v) is 8.99. The molecule has 0 spiro atoms. The van der Waals surface area contributed by atoms with Crippen LogP contribution in [0.3, 0.4) is 0 Å². The first kappa shape index (κ1) is 10.0. The van der Waals surface area contributed by atoms with Crippen LogP contribution in [0.4, 0.5) is 5.69 Å². The molecule has 0 fully saturated rings. The Hall–Kier alpha value is -1.51. The molecule has 1 aliphatic rings. The topological polar surface area (TPSA) is 38.3 Å². The molecule has 1 heterocycles. The molecule has 0 amide bonds. The summed E-state index contributed by atoms with van der Waals surface area (Å²) in [4.78, 5) is 11.6. The minimum atomic E-state index is -0.143. The van der Waals surface area contributed by atoms with Gasteiger partial charge in [-0.25, -0.2) is 0 Å². The molecule has 0 radical (unpaired) electrons. The second-order valence-electron chi connectivity index (χ2n) is 3.94. The second kappa shape index (κ2) is 3.93. The molecule has 0 bridgehead atoms. The van der Waals surface area contributed by atoms with Gasteiger partial charge >= 0.3 is 5.97 Å². The first-order valence-electron chi connectivity index (χ1n) is 5.15. The van der Waals surface area contributed by atoms with E-state index in [-0.39, 0.29) is 11.9 Å². The van der Waals surface area contributed by atoms with Crippen LogP contribution in [0.15, 0.2) is 24.3 Å². The Kier molecular flexibility index (Phi) is 2.62. The summed E-state index contributed by atoms with van der Waals surface area (Å²) in [5.41, 5.74) is 2.09. The lowest BCUT2D eigenvalue weighted by molar-refractivity contribution is -0.142. The smallest absolute Gasteiger partial charge is 0.313 e. The van der Waals surface area contributed by atoms with Gasteiger partial charge in [0.15, 0.2) is 0 Å². The Labute approximate surface area is 89.4 Å². The van der Waals surface area contributed by atoms with Gasteiger partial charge in [-0.2, -0.15) is 0 Å². The maximum atomic E-state index is 11.6. The monoisotopic (exact) mass is 205 g/mol. The number of carbonyl (C=O) groups is 1. The van der Waals surface area contributed by atoms with Crippen molar-refractivity contribution in [2.45, 2.75) is 25.3 Å². The van der Waals surface area contributed by atoms with Gasteiger partial charge in [-0.05, 0) is 25.0 Å². The third-order valence-corrected chi connectivity index (χ3v) is 2.81. The van der Waals surface area contributed by atoms with E-state index >= 15 is 0 Å². The van der Waals surface area contributed by atoms with E-state index in [0.29, 0.717) is 6.04 Å². The third-order valence-electron chi connectivity index (χ3n) is 2.81. The van der Waals surface area contributed by atoms with Gasteiger partial charge in [0.25, 0.3) is 0 Å². The molecule has 2 rings (SSSR count). The van der Waals surface area contributed by atoms with Crippen molar-refractivity contribution in [2.75, 3.05) is 12.4 Å². The van der Waals surface area contributed by atoms with E-state index in [0.717, 1.165) is 17.7 Å². The number of nitrogens with one attached hydrogen (secondary N) is 1. The molecule has 0 saturated heterocycles. The molecule has 3 nitrogen and oxygen atoms in total. The van der Waals surface area contributed by atoms with Crippen LogP contribution in [0.1, 0.15) is 24.8 Å². The molecule has 0 aromatic heterocycles. The number of benzene rings is 1. The van der Waals surface area contributed by atoms with Gasteiger partial charge in [-0.15, -0.1) is 0 Å². The number of methoxy groups -OCH3 is 1. The maximum Gasteiger partial charge on any atom is 0.313 e. The fourth-order valence-electron chi connectivity index (χ4n) is 2.10. The number of carbonyl (C=O) groups excluding carboxylic acids is 1. The molecule has 0 saturated carbocycles. The van der Waals surface area contributed by atoms with E-state index < -0.39 is 0 Å². The van der Waals surface area contributed by atoms with Crippen molar-refractivity contribution in [3.05, 3.63) is 29.8 Å². The fraction of sp³-hybridized carbons (Fsp3) is 0.417. The summed E-state index contributed by atoms with van der Waals surface area (Å²) >= 11 is 0. The van der Waals surface area contributed by atoms with Crippen LogP contribution in [0.5, 0.6) is 0 Å². The normalized spacial score (nSPS) is 23.9. The lowest BCUT2D eigenvalue weighted by atomic mass is 9.87. The number of esters is 1. The molecule has 3 heteroatoms. The summed E-state index contributed by atoms with van der Waals surface area (Å²) < 4.78 is 4.83. The summed E-state index contributed by atoms with van der Waals surface area (Å²) in [6.45, 7) is 2.08. The van der Waals surface area contributed by atoms with Gasteiger partial charge in [-0.3, -0.25) is 4.79 Å². The lowest BCUT2D eigenvalue weighted by Crippen LogP contribution is -2.29. The van der Waals surface area contributed by atoms with Crippen molar-refractivity contribution >= 4 is 11.7 Å². The van der Waals surface area contributed by atoms with E-state index in [9.17, 15) is 4.79 Å². The quantitative estimate of drug-likeness (QED) is 0.714. The number of anilines is 1. The summed E-state index contributed by atoms with van der Waals surface area (Å²) in [5, 5.41) is 3.36. The highest BCUT2D eigenvalue weighted by Gasteiger charge is 2.29. The highest BCUT2D eigenvalue weighted by Crippen LogP contribution is 2.34. The average molecular weight is 205 g/mol. The first-order valence-corrected chi connectivity index (χ1v) is 5.15. The van der Waals surface area contributed by atoms with E-state index in [4.69, 9.17) is 4.74 Å². The fourth-order valence-corrected chi connectivity index (χ4v) is 2.10. The first-order chi connectivity index (χ1) is 7.22. The molecule has 1 aromatic carbocycles. The lowest BCUT2D eigenvalue weighted by Gasteiger charge is -2.29. The van der Waals surface area contributed by atoms with Gasteiger partial charge in [0.2, 0.25) is 0 Å². The Morgan fingerprint density at radius 1 is 1.47 bits per heavy atom. The highest BCUT2D eigenvalue weighted by atomic mass is 16.5. The summed E-state index contributed by atoms with van der Waals surface area (Å²) in [7, 11) is 1.44. The number of rotatable bonds is 1. The van der Waals surface area contributed by atoms with Crippen LogP contribution < -0.4 is 5.32 Å². The van der Waals surface area contributed by atoms with Crippen molar-refractivity contribution in [1.29, 1.82) is 0 Å². The summed E-state index contributed by atoms with van der Waals surface area (Å²) in [5.74, 6) is -0.266. The van der Waals surface area contributed by atoms with Crippen LogP contribution in [-0.4, -0.2) is 19.1 Å². The van der Waals surface area contributed by atoms with Gasteiger partial charge in [0.05, 0.1) is 13.0 Å². The van der Waals surface area contributed by atoms with Gasteiger partial charge in [0.1, 0.15) is 0 Å². The number of fused-ring (bicyclic) bond motifs is 1. The van der Waals surface area contributed by atoms with Crippen molar-refractivity contribution in [3.8, 4) is 0 Å². The Morgan fingerprint density at radius 2 is 2.20 bits per heavy atom. The molecule has 2 atom stereocenters. The standard InChI is InChI=1S/C12H15NO2/c1-8-7-10(12(14)15-2)9-5-3-4-6-11(9)13-8/h3-6,8,10,13H,7H2,1-2H3/t8-,10?/m0/s1. The van der Waals surface area contributed by atoms with Gasteiger partial charge in [0, 0.05) is 11.7 Å². The molecular weight excluding hydrogens is 190 g/mol. The Morgan fingerprint density at radius 3 is 2.93 bits per heavy atom. The SMILES string of the molecule is COC(=O)C1C[C@H](C)Nc2ccccc21. The van der Waals surface area contributed by atoms with Crippen LogP contribution in [-0.2, 0) is 9.53 Å². The van der Waals surface area contributed by atoms with Crippen molar-refractivity contribution in [2.24, 2.45) is 0 Å². The van der Waals surface area contributed by atoms with Gasteiger partial charge in [-0.1, -0.05) is 18.2 Å². The molecule has 1 aliphatic heterocycles. The van der Waals surface area contributed by atoms with Crippen LogP contribution in [0.2, 0.25) is 0 Å². The number of ether oxygens (including phenoxy) is 1. The van der Waals surface area contributed by atoms with Crippen molar-refractivity contribution in [1.82, 2.24) is 0 Å². The van der Waals surface area contributed by atoms with E-state index in [2.05, 4.69) is 12.2 Å². The summed E-state index contributed by atoms with van der Waals surface area (Å²) in [6, 6.07) is 8.21. The molecule has 1 N–H and O–H groups in total. The van der Waals surface area contributed by atoms with Gasteiger partial charge < -0.3 is 10.1 Å². The average Bonchev–Trinajstić information content (AvgIpc) is 2.26. The number of para-hydroxylation sites is 1. The Balaban J connectivity index is 2.38. The van der Waals surface area contributed by atoms with Crippen LogP contribution >= 0.6 is 0 Å². The number of hydrogen-bond acceptors (Lipinski definition) is 3. The van der Waals surface area contributed by atoms with Crippen LogP contribution in [0, 0.1) is 0 Å². The predicted octanol–water partition coefficient (Wildman–Crippen LogP) is 2.15. The van der Waals surface area contributed by atoms with E-state index in [1.165, 1.54) is 7.11 Å². The highest BCUT2D eigenvalue weighted by molar-refractivity contribution is 5.81. The largest absolute Gasteiger partial charge is 0.469 e. The van der Waals surface area contributed by atoms with E-state index in [1.807, 2.05) is 24.3 Å². The van der Waals surface area contributed by atoms with Crippen molar-refractivity contribution < 1.29 is 9.53 Å². The molecule has 0 aliphatic carbocycles. The summed E-state index contributed by atoms with van der Waals surface area (Å²) in [6.07, 6.45) is 0.795. The third kappa shape index (κ3) is 1.82. The zero-order valence-electron chi connectivity index (χ0n) is 8.99. The van der Waals surface area contributed by atoms with Crippen LogP contribution in [0.25, 0.3) is 0 Å². The van der Waals surface area contributed by atoms with E-state index in [1.54, 1.807) is 0 Å². The minimum absolute atomic E-state index is 0.123. The Bertz CT molecular complexity index is 376. The zero-order chi connectivity index (χ0) is 10.8. The van der Waals surface area contributed by atoms with Crippen molar-refractivity contribution in [3.63, 3.8) is 0 Å². The predicted molar refractivity (Wildman–Crippen MR) is 58.9 cm³/mol. The molecule has 80 valence electrons. The minimum Gasteiger partial charge on any atom is -0.469 e. The number of hydrogen-bond donors (Lipinski definition) is 1. The molecule has 1 aromatic rings. The molecule has 1 unspecified atom stereocenters. The molecular formula is C12H15NO2.